The maximum Gasteiger partial charge on any atom is 0.340 e. The zero-order valence-electron chi connectivity index (χ0n) is 15.7. The van der Waals surface area contributed by atoms with Crippen molar-refractivity contribution >= 4 is 15.8 Å². The van der Waals surface area contributed by atoms with Crippen LogP contribution in [0.5, 0.6) is 5.75 Å². The summed E-state index contributed by atoms with van der Waals surface area (Å²) in [4.78, 5) is 14.3. The average Bonchev–Trinajstić information content (AvgIpc) is 3.21. The second-order valence-electron chi connectivity index (χ2n) is 7.15. The Bertz CT molecular complexity index is 971. The van der Waals surface area contributed by atoms with Crippen LogP contribution in [0.15, 0.2) is 48.5 Å². The summed E-state index contributed by atoms with van der Waals surface area (Å²) < 4.78 is 35.3. The summed E-state index contributed by atoms with van der Waals surface area (Å²) in [6, 6.07) is 14.8. The number of carbonyl (C=O) groups excluding carboxylic acids is 1. The standard InChI is InChI=1S/C21H23NO5S/c1-2-26-17-9-7-15(8-10-17)13-22(16-11-12-28(24,25)14-16)20-18-5-3-4-6-19(18)21(23)27-20/h3-10,16,20H,2,11-14H2,1H3. The second-order valence-corrected chi connectivity index (χ2v) is 9.38. The quantitative estimate of drug-likeness (QED) is 0.693. The van der Waals surface area contributed by atoms with Gasteiger partial charge in [0.05, 0.1) is 23.7 Å². The lowest BCUT2D eigenvalue weighted by molar-refractivity contribution is -0.0424. The minimum atomic E-state index is -3.07. The summed E-state index contributed by atoms with van der Waals surface area (Å²) in [7, 11) is -3.07. The third kappa shape index (κ3) is 3.77. The van der Waals surface area contributed by atoms with Crippen LogP contribution >= 0.6 is 0 Å². The lowest BCUT2D eigenvalue weighted by atomic mass is 10.1. The predicted molar refractivity (Wildman–Crippen MR) is 105 cm³/mol. The molecule has 6 nitrogen and oxygen atoms in total. The fourth-order valence-corrected chi connectivity index (χ4v) is 5.62. The second kappa shape index (κ2) is 7.56. The topological polar surface area (TPSA) is 72.9 Å². The Balaban J connectivity index is 1.64. The Morgan fingerprint density at radius 2 is 1.89 bits per heavy atom. The molecular formula is C21H23NO5S. The van der Waals surface area contributed by atoms with Crippen molar-refractivity contribution in [3.8, 4) is 5.75 Å². The number of hydrogen-bond acceptors (Lipinski definition) is 6. The normalized spacial score (nSPS) is 22.9. The molecule has 2 aliphatic heterocycles. The zero-order valence-corrected chi connectivity index (χ0v) is 16.5. The molecule has 0 spiro atoms. The van der Waals surface area contributed by atoms with E-state index in [4.69, 9.17) is 9.47 Å². The molecule has 0 bridgehead atoms. The third-order valence-electron chi connectivity index (χ3n) is 5.24. The molecule has 1 fully saturated rings. The van der Waals surface area contributed by atoms with Crippen molar-refractivity contribution < 1.29 is 22.7 Å². The highest BCUT2D eigenvalue weighted by Gasteiger charge is 2.41. The molecule has 148 valence electrons. The van der Waals surface area contributed by atoms with E-state index in [1.165, 1.54) is 0 Å². The number of rotatable bonds is 6. The van der Waals surface area contributed by atoms with Crippen LogP contribution in [0, 0.1) is 0 Å². The maximum absolute atomic E-state index is 12.3. The number of esters is 1. The zero-order chi connectivity index (χ0) is 19.7. The van der Waals surface area contributed by atoms with Crippen molar-refractivity contribution in [2.24, 2.45) is 0 Å². The van der Waals surface area contributed by atoms with Gasteiger partial charge in [0.1, 0.15) is 5.75 Å². The van der Waals surface area contributed by atoms with Crippen LogP contribution in [0.25, 0.3) is 0 Å². The Hall–Kier alpha value is -2.38. The molecule has 2 heterocycles. The fraction of sp³-hybridized carbons (Fsp3) is 0.381. The first kappa shape index (κ1) is 19.0. The lowest BCUT2D eigenvalue weighted by Crippen LogP contribution is -2.39. The van der Waals surface area contributed by atoms with E-state index in [-0.39, 0.29) is 23.5 Å². The molecule has 2 aliphatic rings. The summed E-state index contributed by atoms with van der Waals surface area (Å²) in [5.41, 5.74) is 2.35. The van der Waals surface area contributed by atoms with Gasteiger partial charge >= 0.3 is 5.97 Å². The van der Waals surface area contributed by atoms with Gasteiger partial charge in [-0.2, -0.15) is 0 Å². The Kier molecular flexibility index (Phi) is 5.12. The Morgan fingerprint density at radius 3 is 2.57 bits per heavy atom. The first-order valence-corrected chi connectivity index (χ1v) is 11.3. The molecule has 2 unspecified atom stereocenters. The Morgan fingerprint density at radius 1 is 1.14 bits per heavy atom. The number of benzene rings is 2. The molecule has 2 atom stereocenters. The van der Waals surface area contributed by atoms with Gasteiger partial charge in [0.25, 0.3) is 0 Å². The van der Waals surface area contributed by atoms with Crippen LogP contribution in [0.2, 0.25) is 0 Å². The highest BCUT2D eigenvalue weighted by Crippen LogP contribution is 2.37. The summed E-state index contributed by atoms with van der Waals surface area (Å²) in [5, 5.41) is 0. The molecule has 2 aromatic carbocycles. The van der Waals surface area contributed by atoms with E-state index in [0.29, 0.717) is 25.1 Å². The molecule has 28 heavy (non-hydrogen) atoms. The number of ether oxygens (including phenoxy) is 2. The van der Waals surface area contributed by atoms with Gasteiger partial charge in [-0.1, -0.05) is 30.3 Å². The van der Waals surface area contributed by atoms with Crippen molar-refractivity contribution in [2.45, 2.75) is 32.2 Å². The molecule has 0 saturated carbocycles. The highest BCUT2D eigenvalue weighted by molar-refractivity contribution is 7.91. The number of nitrogens with zero attached hydrogens (tertiary/aromatic N) is 1. The number of sulfone groups is 1. The monoisotopic (exact) mass is 401 g/mol. The van der Waals surface area contributed by atoms with E-state index in [1.54, 1.807) is 12.1 Å². The predicted octanol–water partition coefficient (Wildman–Crippen LogP) is 2.94. The fourth-order valence-electron chi connectivity index (χ4n) is 3.88. The van der Waals surface area contributed by atoms with Gasteiger partial charge in [0.15, 0.2) is 16.1 Å². The van der Waals surface area contributed by atoms with Crippen LogP contribution in [-0.4, -0.2) is 43.4 Å². The van der Waals surface area contributed by atoms with Crippen molar-refractivity contribution in [3.63, 3.8) is 0 Å². The highest BCUT2D eigenvalue weighted by atomic mass is 32.2. The van der Waals surface area contributed by atoms with Gasteiger partial charge in [-0.3, -0.25) is 4.90 Å². The minimum Gasteiger partial charge on any atom is -0.494 e. The van der Waals surface area contributed by atoms with E-state index in [2.05, 4.69) is 0 Å². The smallest absolute Gasteiger partial charge is 0.340 e. The number of carbonyl (C=O) groups is 1. The van der Waals surface area contributed by atoms with Gasteiger partial charge in [-0.25, -0.2) is 13.2 Å². The molecule has 1 saturated heterocycles. The molecule has 4 rings (SSSR count). The summed E-state index contributed by atoms with van der Waals surface area (Å²) in [6.45, 7) is 3.02. The SMILES string of the molecule is CCOc1ccc(CN(C2CCS(=O)(=O)C2)C2OC(=O)c3ccccc32)cc1. The number of cyclic esters (lactones) is 1. The summed E-state index contributed by atoms with van der Waals surface area (Å²) >= 11 is 0. The lowest BCUT2D eigenvalue weighted by Gasteiger charge is -2.33. The van der Waals surface area contributed by atoms with Crippen molar-refractivity contribution in [1.29, 1.82) is 0 Å². The van der Waals surface area contributed by atoms with Gasteiger partial charge in [0, 0.05) is 18.2 Å². The van der Waals surface area contributed by atoms with E-state index in [9.17, 15) is 13.2 Å². The van der Waals surface area contributed by atoms with Crippen LogP contribution < -0.4 is 4.74 Å². The molecule has 0 radical (unpaired) electrons. The molecule has 0 aromatic heterocycles. The van der Waals surface area contributed by atoms with Crippen LogP contribution in [-0.2, 0) is 21.1 Å². The summed E-state index contributed by atoms with van der Waals surface area (Å²) in [5.74, 6) is 0.678. The largest absolute Gasteiger partial charge is 0.494 e. The molecule has 0 N–H and O–H groups in total. The van der Waals surface area contributed by atoms with Gasteiger partial charge in [-0.15, -0.1) is 0 Å². The van der Waals surface area contributed by atoms with E-state index in [1.807, 2.05) is 48.2 Å². The number of hydrogen-bond donors (Lipinski definition) is 0. The van der Waals surface area contributed by atoms with Crippen LogP contribution in [0.1, 0.15) is 41.1 Å². The van der Waals surface area contributed by atoms with Crippen molar-refractivity contribution in [1.82, 2.24) is 4.90 Å². The number of fused-ring (bicyclic) bond motifs is 1. The van der Waals surface area contributed by atoms with E-state index < -0.39 is 16.1 Å². The van der Waals surface area contributed by atoms with Gasteiger partial charge in [-0.05, 0) is 37.1 Å². The van der Waals surface area contributed by atoms with E-state index >= 15 is 0 Å². The minimum absolute atomic E-state index is 0.0836. The van der Waals surface area contributed by atoms with Crippen LogP contribution in [0.3, 0.4) is 0 Å². The molecule has 2 aromatic rings. The Labute approximate surface area is 165 Å². The first-order valence-electron chi connectivity index (χ1n) is 9.44. The summed E-state index contributed by atoms with van der Waals surface area (Å²) in [6.07, 6.45) is -0.0381. The van der Waals surface area contributed by atoms with Crippen molar-refractivity contribution in [3.05, 3.63) is 65.2 Å². The van der Waals surface area contributed by atoms with E-state index in [0.717, 1.165) is 16.9 Å². The third-order valence-corrected chi connectivity index (χ3v) is 6.99. The van der Waals surface area contributed by atoms with Crippen molar-refractivity contribution in [2.75, 3.05) is 18.1 Å². The van der Waals surface area contributed by atoms with Gasteiger partial charge in [0.2, 0.25) is 0 Å². The van der Waals surface area contributed by atoms with Gasteiger partial charge < -0.3 is 9.47 Å². The first-order chi connectivity index (χ1) is 13.5. The molecule has 0 amide bonds. The molecule has 0 aliphatic carbocycles. The average molecular weight is 401 g/mol. The van der Waals surface area contributed by atoms with Crippen LogP contribution in [0.4, 0.5) is 0 Å². The molecular weight excluding hydrogens is 378 g/mol. The maximum atomic E-state index is 12.3. The molecule has 7 heteroatoms.